The van der Waals surface area contributed by atoms with E-state index in [1.54, 1.807) is 13.8 Å². The molecule has 72 valence electrons. The Hall–Kier alpha value is -0.770. The maximum absolute atomic E-state index is 13.2. The number of halogens is 2. The summed E-state index contributed by atoms with van der Waals surface area (Å²) in [4.78, 5) is 0. The molecule has 0 fully saturated rings. The van der Waals surface area contributed by atoms with Crippen molar-refractivity contribution in [2.45, 2.75) is 20.0 Å². The smallest absolute Gasteiger partial charge is 0.207 e. The molecule has 4 heteroatoms. The second-order valence-corrected chi connectivity index (χ2v) is 3.73. The predicted molar refractivity (Wildman–Crippen MR) is 51.5 cm³/mol. The van der Waals surface area contributed by atoms with Crippen LogP contribution in [0.15, 0.2) is 16.6 Å². The van der Waals surface area contributed by atoms with Crippen molar-refractivity contribution in [2.75, 3.05) is 0 Å². The summed E-state index contributed by atoms with van der Waals surface area (Å²) in [6.07, 6.45) is -0.116. The van der Waals surface area contributed by atoms with Crippen molar-refractivity contribution >= 4 is 15.9 Å². The van der Waals surface area contributed by atoms with E-state index in [0.717, 1.165) is 0 Å². The van der Waals surface area contributed by atoms with Gasteiger partial charge in [-0.1, -0.05) is 0 Å². The van der Waals surface area contributed by atoms with Crippen LogP contribution in [-0.4, -0.2) is 11.2 Å². The second kappa shape index (κ2) is 3.96. The van der Waals surface area contributed by atoms with E-state index in [-0.39, 0.29) is 11.9 Å². The normalized spacial score (nSPS) is 10.5. The standard InChI is InChI=1S/C9H10BrFO2/c1-5(2)13-7-4-3-6(10)9(12)8(7)11/h3-5,12H,1-2H3. The lowest BCUT2D eigenvalue weighted by molar-refractivity contribution is 0.228. The molecule has 0 aromatic heterocycles. The summed E-state index contributed by atoms with van der Waals surface area (Å²) in [5.74, 6) is -1.09. The van der Waals surface area contributed by atoms with Crippen molar-refractivity contribution < 1.29 is 14.2 Å². The van der Waals surface area contributed by atoms with Gasteiger partial charge in [0.15, 0.2) is 11.5 Å². The quantitative estimate of drug-likeness (QED) is 0.872. The van der Waals surface area contributed by atoms with Crippen molar-refractivity contribution in [2.24, 2.45) is 0 Å². The van der Waals surface area contributed by atoms with Gasteiger partial charge in [0.2, 0.25) is 5.82 Å². The molecule has 0 saturated carbocycles. The number of hydrogen-bond donors (Lipinski definition) is 1. The molecule has 0 atom stereocenters. The van der Waals surface area contributed by atoms with Crippen molar-refractivity contribution in [3.8, 4) is 11.5 Å². The minimum atomic E-state index is -0.733. The summed E-state index contributed by atoms with van der Waals surface area (Å²) >= 11 is 3.00. The second-order valence-electron chi connectivity index (χ2n) is 2.87. The van der Waals surface area contributed by atoms with E-state index in [0.29, 0.717) is 4.47 Å². The summed E-state index contributed by atoms with van der Waals surface area (Å²) in [5, 5.41) is 9.20. The van der Waals surface area contributed by atoms with Gasteiger partial charge >= 0.3 is 0 Å². The van der Waals surface area contributed by atoms with Crippen molar-refractivity contribution in [3.63, 3.8) is 0 Å². The molecule has 1 N–H and O–H groups in total. The van der Waals surface area contributed by atoms with Gasteiger partial charge in [-0.05, 0) is 41.9 Å². The van der Waals surface area contributed by atoms with Gasteiger partial charge in [-0.25, -0.2) is 0 Å². The molecule has 0 spiro atoms. The third kappa shape index (κ3) is 2.34. The van der Waals surface area contributed by atoms with E-state index in [4.69, 9.17) is 4.74 Å². The Morgan fingerprint density at radius 2 is 2.08 bits per heavy atom. The third-order valence-electron chi connectivity index (χ3n) is 1.39. The van der Waals surface area contributed by atoms with Gasteiger partial charge in [0.25, 0.3) is 0 Å². The van der Waals surface area contributed by atoms with E-state index in [9.17, 15) is 9.50 Å². The maximum atomic E-state index is 13.2. The lowest BCUT2D eigenvalue weighted by Gasteiger charge is -2.11. The molecule has 0 bridgehead atoms. The first-order valence-electron chi connectivity index (χ1n) is 3.86. The highest BCUT2D eigenvalue weighted by molar-refractivity contribution is 9.10. The Morgan fingerprint density at radius 3 is 2.62 bits per heavy atom. The fourth-order valence-electron chi connectivity index (χ4n) is 0.867. The van der Waals surface area contributed by atoms with Crippen LogP contribution >= 0.6 is 15.9 Å². The van der Waals surface area contributed by atoms with Crippen LogP contribution < -0.4 is 4.74 Å². The van der Waals surface area contributed by atoms with Crippen LogP contribution in [0.1, 0.15) is 13.8 Å². The molecule has 0 unspecified atom stereocenters. The van der Waals surface area contributed by atoms with Crippen molar-refractivity contribution in [3.05, 3.63) is 22.4 Å². The van der Waals surface area contributed by atoms with Crippen LogP contribution in [0.2, 0.25) is 0 Å². The summed E-state index contributed by atoms with van der Waals surface area (Å²) in [7, 11) is 0. The number of ether oxygens (including phenoxy) is 1. The average molecular weight is 249 g/mol. The molecule has 1 aromatic rings. The van der Waals surface area contributed by atoms with E-state index >= 15 is 0 Å². The fourth-order valence-corrected chi connectivity index (χ4v) is 1.17. The van der Waals surface area contributed by atoms with Crippen LogP contribution in [0.3, 0.4) is 0 Å². The van der Waals surface area contributed by atoms with Gasteiger partial charge in [-0.2, -0.15) is 4.39 Å². The van der Waals surface area contributed by atoms with E-state index in [1.165, 1.54) is 12.1 Å². The van der Waals surface area contributed by atoms with E-state index < -0.39 is 11.6 Å². The molecular formula is C9H10BrFO2. The molecule has 0 saturated heterocycles. The molecule has 13 heavy (non-hydrogen) atoms. The first-order valence-corrected chi connectivity index (χ1v) is 4.65. The zero-order valence-electron chi connectivity index (χ0n) is 7.34. The Labute approximate surface area is 84.5 Å². The van der Waals surface area contributed by atoms with Crippen LogP contribution in [0.5, 0.6) is 11.5 Å². The largest absolute Gasteiger partial charge is 0.504 e. The van der Waals surface area contributed by atoms with E-state index in [2.05, 4.69) is 15.9 Å². The highest BCUT2D eigenvalue weighted by Gasteiger charge is 2.12. The lowest BCUT2D eigenvalue weighted by Crippen LogP contribution is -2.06. The van der Waals surface area contributed by atoms with Crippen LogP contribution in [-0.2, 0) is 0 Å². The molecule has 0 radical (unpaired) electrons. The summed E-state index contributed by atoms with van der Waals surface area (Å²) < 4.78 is 18.7. The van der Waals surface area contributed by atoms with Gasteiger partial charge < -0.3 is 9.84 Å². The van der Waals surface area contributed by atoms with Crippen LogP contribution in [0, 0.1) is 5.82 Å². The number of hydrogen-bond acceptors (Lipinski definition) is 2. The molecular weight excluding hydrogens is 239 g/mol. The summed E-state index contributed by atoms with van der Waals surface area (Å²) in [6.45, 7) is 3.58. The Balaban J connectivity index is 3.04. The van der Waals surface area contributed by atoms with Crippen molar-refractivity contribution in [1.29, 1.82) is 0 Å². The topological polar surface area (TPSA) is 29.5 Å². The first-order chi connectivity index (χ1) is 6.02. The SMILES string of the molecule is CC(C)Oc1ccc(Br)c(O)c1F. The minimum Gasteiger partial charge on any atom is -0.504 e. The molecule has 1 rings (SSSR count). The monoisotopic (exact) mass is 248 g/mol. The molecule has 0 heterocycles. The average Bonchev–Trinajstić information content (AvgIpc) is 2.06. The Bertz CT molecular complexity index is 313. The molecule has 0 aliphatic carbocycles. The third-order valence-corrected chi connectivity index (χ3v) is 2.03. The van der Waals surface area contributed by atoms with Gasteiger partial charge in [-0.15, -0.1) is 0 Å². The van der Waals surface area contributed by atoms with Crippen LogP contribution in [0.4, 0.5) is 4.39 Å². The molecule has 2 nitrogen and oxygen atoms in total. The number of benzene rings is 1. The van der Waals surface area contributed by atoms with E-state index in [1.807, 2.05) is 0 Å². The number of phenols is 1. The number of rotatable bonds is 2. The van der Waals surface area contributed by atoms with Crippen LogP contribution in [0.25, 0.3) is 0 Å². The van der Waals surface area contributed by atoms with Gasteiger partial charge in [0, 0.05) is 0 Å². The zero-order valence-corrected chi connectivity index (χ0v) is 8.93. The summed E-state index contributed by atoms with van der Waals surface area (Å²) in [6, 6.07) is 3.01. The lowest BCUT2D eigenvalue weighted by atomic mass is 10.3. The van der Waals surface area contributed by atoms with Gasteiger partial charge in [-0.3, -0.25) is 0 Å². The highest BCUT2D eigenvalue weighted by Crippen LogP contribution is 2.33. The predicted octanol–water partition coefficient (Wildman–Crippen LogP) is 3.08. The molecule has 0 amide bonds. The molecule has 1 aromatic carbocycles. The fraction of sp³-hybridized carbons (Fsp3) is 0.333. The van der Waals surface area contributed by atoms with Crippen molar-refractivity contribution in [1.82, 2.24) is 0 Å². The Kier molecular flexibility index (Phi) is 3.14. The number of aromatic hydroxyl groups is 1. The first kappa shape index (κ1) is 10.3. The highest BCUT2D eigenvalue weighted by atomic mass is 79.9. The Morgan fingerprint density at radius 1 is 1.46 bits per heavy atom. The van der Waals surface area contributed by atoms with Gasteiger partial charge in [0.1, 0.15) is 0 Å². The number of phenolic OH excluding ortho intramolecular Hbond substituents is 1. The zero-order chi connectivity index (χ0) is 10.0. The minimum absolute atomic E-state index is 0.0655. The molecule has 0 aliphatic heterocycles. The van der Waals surface area contributed by atoms with Gasteiger partial charge in [0.05, 0.1) is 10.6 Å². The summed E-state index contributed by atoms with van der Waals surface area (Å²) in [5.41, 5.74) is 0. The molecule has 0 aliphatic rings. The maximum Gasteiger partial charge on any atom is 0.207 e.